The molecule has 2 aromatic rings. The molecule has 21 heavy (non-hydrogen) atoms. The van der Waals surface area contributed by atoms with Gasteiger partial charge in [0.2, 0.25) is 5.76 Å². The summed E-state index contributed by atoms with van der Waals surface area (Å²) < 4.78 is 9.68. The monoisotopic (exact) mass is 290 g/mol. The van der Waals surface area contributed by atoms with Crippen LogP contribution in [0.3, 0.4) is 0 Å². The Morgan fingerprint density at radius 1 is 1.29 bits per heavy atom. The molecule has 1 aromatic carbocycles. The number of hydrogen-bond donors (Lipinski definition) is 1. The van der Waals surface area contributed by atoms with Crippen molar-refractivity contribution >= 4 is 11.7 Å². The van der Waals surface area contributed by atoms with Gasteiger partial charge in [-0.05, 0) is 11.6 Å². The number of non-ortho nitro benzene ring substituents is 1. The first-order valence-electron chi connectivity index (χ1n) is 6.20. The number of rotatable bonds is 6. The number of carbonyl (C=O) groups is 1. The normalized spacial score (nSPS) is 10.3. The van der Waals surface area contributed by atoms with E-state index in [1.54, 1.807) is 18.2 Å². The van der Waals surface area contributed by atoms with Crippen LogP contribution in [0.2, 0.25) is 0 Å². The fraction of sp³-hybridized carbons (Fsp3) is 0.214. The minimum atomic E-state index is -0.521. The Hall–Kier alpha value is -2.67. The SMILES string of the molecule is COC(=O)c1occc1CNCc1ccc([N+](=O)[O-])cc1. The second-order valence-electron chi connectivity index (χ2n) is 4.29. The summed E-state index contributed by atoms with van der Waals surface area (Å²) in [4.78, 5) is 21.5. The van der Waals surface area contributed by atoms with E-state index >= 15 is 0 Å². The van der Waals surface area contributed by atoms with Crippen molar-refractivity contribution in [3.05, 3.63) is 63.6 Å². The topological polar surface area (TPSA) is 94.6 Å². The van der Waals surface area contributed by atoms with Crippen LogP contribution in [0.15, 0.2) is 41.0 Å². The number of carbonyl (C=O) groups excluding carboxylic acids is 1. The van der Waals surface area contributed by atoms with E-state index in [9.17, 15) is 14.9 Å². The van der Waals surface area contributed by atoms with Crippen molar-refractivity contribution in [2.45, 2.75) is 13.1 Å². The third kappa shape index (κ3) is 3.67. The molecule has 0 saturated carbocycles. The molecule has 0 amide bonds. The standard InChI is InChI=1S/C14H14N2O5/c1-20-14(17)13-11(6-7-21-13)9-15-8-10-2-4-12(5-3-10)16(18)19/h2-7,15H,8-9H2,1H3. The number of nitro benzene ring substituents is 1. The lowest BCUT2D eigenvalue weighted by atomic mass is 10.2. The average molecular weight is 290 g/mol. The number of ether oxygens (including phenoxy) is 1. The van der Waals surface area contributed by atoms with Gasteiger partial charge in [-0.25, -0.2) is 4.79 Å². The Balaban J connectivity index is 1.91. The van der Waals surface area contributed by atoms with Gasteiger partial charge < -0.3 is 14.5 Å². The van der Waals surface area contributed by atoms with Gasteiger partial charge in [-0.3, -0.25) is 10.1 Å². The highest BCUT2D eigenvalue weighted by Gasteiger charge is 2.15. The highest BCUT2D eigenvalue weighted by molar-refractivity contribution is 5.87. The Morgan fingerprint density at radius 2 is 2.00 bits per heavy atom. The van der Waals surface area contributed by atoms with Gasteiger partial charge in [0.1, 0.15) is 0 Å². The summed E-state index contributed by atoms with van der Waals surface area (Å²) in [6, 6.07) is 7.96. The molecule has 0 unspecified atom stereocenters. The van der Waals surface area contributed by atoms with Crippen LogP contribution in [0.25, 0.3) is 0 Å². The van der Waals surface area contributed by atoms with E-state index in [1.807, 2.05) is 0 Å². The number of nitro groups is 1. The first-order chi connectivity index (χ1) is 10.1. The summed E-state index contributed by atoms with van der Waals surface area (Å²) in [5.41, 5.74) is 1.66. The van der Waals surface area contributed by atoms with Gasteiger partial charge in [0.25, 0.3) is 5.69 Å². The van der Waals surface area contributed by atoms with E-state index in [1.165, 1.54) is 25.5 Å². The van der Waals surface area contributed by atoms with Crippen molar-refractivity contribution in [2.75, 3.05) is 7.11 Å². The summed E-state index contributed by atoms with van der Waals surface area (Å²) in [6.07, 6.45) is 1.43. The molecular formula is C14H14N2O5. The average Bonchev–Trinajstić information content (AvgIpc) is 2.95. The predicted molar refractivity (Wildman–Crippen MR) is 73.7 cm³/mol. The fourth-order valence-corrected chi connectivity index (χ4v) is 1.82. The zero-order chi connectivity index (χ0) is 15.2. The molecule has 0 bridgehead atoms. The smallest absolute Gasteiger partial charge is 0.374 e. The van der Waals surface area contributed by atoms with Gasteiger partial charge in [0.15, 0.2) is 0 Å². The van der Waals surface area contributed by atoms with Gasteiger partial charge in [-0.1, -0.05) is 12.1 Å². The number of methoxy groups -OCH3 is 1. The Morgan fingerprint density at radius 3 is 2.62 bits per heavy atom. The Labute approximate surface area is 120 Å². The molecule has 0 aliphatic rings. The van der Waals surface area contributed by atoms with Crippen molar-refractivity contribution in [3.63, 3.8) is 0 Å². The van der Waals surface area contributed by atoms with Crippen LogP contribution >= 0.6 is 0 Å². The van der Waals surface area contributed by atoms with Crippen LogP contribution in [-0.4, -0.2) is 18.0 Å². The number of nitrogens with zero attached hydrogens (tertiary/aromatic N) is 1. The summed E-state index contributed by atoms with van der Waals surface area (Å²) in [5, 5.41) is 13.7. The van der Waals surface area contributed by atoms with Gasteiger partial charge in [0.05, 0.1) is 18.3 Å². The Bertz CT molecular complexity index is 633. The summed E-state index contributed by atoms with van der Waals surface area (Å²) in [5.74, 6) is -0.346. The molecule has 7 heteroatoms. The summed E-state index contributed by atoms with van der Waals surface area (Å²) in [6.45, 7) is 0.946. The van der Waals surface area contributed by atoms with Crippen molar-refractivity contribution in [2.24, 2.45) is 0 Å². The van der Waals surface area contributed by atoms with Gasteiger partial charge in [0, 0.05) is 30.8 Å². The summed E-state index contributed by atoms with van der Waals surface area (Å²) >= 11 is 0. The third-order valence-electron chi connectivity index (χ3n) is 2.91. The number of esters is 1. The van der Waals surface area contributed by atoms with E-state index in [-0.39, 0.29) is 11.4 Å². The first-order valence-corrected chi connectivity index (χ1v) is 6.20. The number of benzene rings is 1. The number of hydrogen-bond acceptors (Lipinski definition) is 6. The zero-order valence-electron chi connectivity index (χ0n) is 11.4. The Kier molecular flexibility index (Phi) is 4.68. The molecule has 0 fully saturated rings. The van der Waals surface area contributed by atoms with Crippen molar-refractivity contribution in [1.82, 2.24) is 5.32 Å². The van der Waals surface area contributed by atoms with E-state index in [0.717, 1.165) is 5.56 Å². The maximum absolute atomic E-state index is 11.4. The molecule has 0 atom stereocenters. The molecule has 1 N–H and O–H groups in total. The molecule has 7 nitrogen and oxygen atoms in total. The molecule has 0 aliphatic carbocycles. The number of furan rings is 1. The fourth-order valence-electron chi connectivity index (χ4n) is 1.82. The zero-order valence-corrected chi connectivity index (χ0v) is 11.4. The molecule has 0 aliphatic heterocycles. The maximum atomic E-state index is 11.4. The lowest BCUT2D eigenvalue weighted by Crippen LogP contribution is -2.14. The first kappa shape index (κ1) is 14.7. The van der Waals surface area contributed by atoms with Crippen LogP contribution in [0.1, 0.15) is 21.7 Å². The van der Waals surface area contributed by atoms with E-state index in [2.05, 4.69) is 10.1 Å². The molecule has 0 radical (unpaired) electrons. The van der Waals surface area contributed by atoms with Crippen LogP contribution in [0.5, 0.6) is 0 Å². The number of nitrogens with one attached hydrogen (secondary N) is 1. The highest BCUT2D eigenvalue weighted by Crippen LogP contribution is 2.13. The quantitative estimate of drug-likeness (QED) is 0.498. The molecular weight excluding hydrogens is 276 g/mol. The third-order valence-corrected chi connectivity index (χ3v) is 2.91. The van der Waals surface area contributed by atoms with Crippen LogP contribution < -0.4 is 5.32 Å². The van der Waals surface area contributed by atoms with Gasteiger partial charge in [-0.2, -0.15) is 0 Å². The van der Waals surface area contributed by atoms with Crippen molar-refractivity contribution in [3.8, 4) is 0 Å². The molecule has 110 valence electrons. The highest BCUT2D eigenvalue weighted by atomic mass is 16.6. The van der Waals surface area contributed by atoms with Crippen LogP contribution in [0.4, 0.5) is 5.69 Å². The van der Waals surface area contributed by atoms with E-state index in [4.69, 9.17) is 4.42 Å². The second-order valence-corrected chi connectivity index (χ2v) is 4.29. The lowest BCUT2D eigenvalue weighted by Gasteiger charge is -2.05. The largest absolute Gasteiger partial charge is 0.463 e. The summed E-state index contributed by atoms with van der Waals surface area (Å²) in [7, 11) is 1.29. The van der Waals surface area contributed by atoms with Crippen molar-refractivity contribution in [1.29, 1.82) is 0 Å². The molecule has 1 aromatic heterocycles. The van der Waals surface area contributed by atoms with Crippen molar-refractivity contribution < 1.29 is 18.9 Å². The van der Waals surface area contributed by atoms with Crippen LogP contribution in [0, 0.1) is 10.1 Å². The predicted octanol–water partition coefficient (Wildman–Crippen LogP) is 2.26. The molecule has 1 heterocycles. The second kappa shape index (κ2) is 6.67. The van der Waals surface area contributed by atoms with Gasteiger partial charge >= 0.3 is 5.97 Å². The van der Waals surface area contributed by atoms with Gasteiger partial charge in [-0.15, -0.1) is 0 Å². The maximum Gasteiger partial charge on any atom is 0.374 e. The van der Waals surface area contributed by atoms with Crippen LogP contribution in [-0.2, 0) is 17.8 Å². The molecule has 2 rings (SSSR count). The lowest BCUT2D eigenvalue weighted by molar-refractivity contribution is -0.384. The molecule has 0 spiro atoms. The molecule has 0 saturated heterocycles. The van der Waals surface area contributed by atoms with E-state index < -0.39 is 10.9 Å². The minimum Gasteiger partial charge on any atom is -0.463 e. The minimum absolute atomic E-state index is 0.0570. The van der Waals surface area contributed by atoms with E-state index in [0.29, 0.717) is 18.7 Å².